The van der Waals surface area contributed by atoms with Crippen LogP contribution in [0.5, 0.6) is 0 Å². The standard InChI is InChI=1S/C9H12FN3O5/c10-3-1-13(9(11)12-7(3)17)8-6(16)5(15)4(2-14)18-8/h1,4-6,8,14-16H,2H2,(H2,11,12,17)/t4-,5-,6+,8-/m1/s1. The number of ether oxygens (including phenoxy) is 1. The summed E-state index contributed by atoms with van der Waals surface area (Å²) in [4.78, 5) is 14.1. The Morgan fingerprint density at radius 2 is 2.17 bits per heavy atom. The second-order valence-corrected chi connectivity index (χ2v) is 3.89. The smallest absolute Gasteiger partial charge is 0.310 e. The van der Waals surface area contributed by atoms with E-state index in [0.29, 0.717) is 0 Å². The Morgan fingerprint density at radius 1 is 1.50 bits per heavy atom. The molecule has 0 spiro atoms. The van der Waals surface area contributed by atoms with Gasteiger partial charge < -0.3 is 25.8 Å². The van der Waals surface area contributed by atoms with Crippen molar-refractivity contribution in [3.05, 3.63) is 22.4 Å². The molecule has 0 bridgehead atoms. The third kappa shape index (κ3) is 1.97. The first kappa shape index (κ1) is 12.9. The van der Waals surface area contributed by atoms with Crippen LogP contribution in [0.25, 0.3) is 0 Å². The van der Waals surface area contributed by atoms with Gasteiger partial charge in [-0.15, -0.1) is 0 Å². The highest BCUT2D eigenvalue weighted by atomic mass is 19.1. The Balaban J connectivity index is 2.38. The molecule has 2 heterocycles. The Morgan fingerprint density at radius 3 is 2.72 bits per heavy atom. The van der Waals surface area contributed by atoms with Crippen LogP contribution in [-0.4, -0.2) is 49.8 Å². The quantitative estimate of drug-likeness (QED) is 0.465. The van der Waals surface area contributed by atoms with Crippen molar-refractivity contribution in [1.29, 1.82) is 0 Å². The Hall–Kier alpha value is -1.55. The molecule has 8 nitrogen and oxygen atoms in total. The molecule has 0 saturated carbocycles. The summed E-state index contributed by atoms with van der Waals surface area (Å²) in [5.74, 6) is -1.53. The molecule has 1 aromatic rings. The molecule has 0 aliphatic carbocycles. The molecule has 1 aliphatic rings. The summed E-state index contributed by atoms with van der Waals surface area (Å²) in [7, 11) is 0. The van der Waals surface area contributed by atoms with Gasteiger partial charge >= 0.3 is 5.56 Å². The molecule has 1 aliphatic heterocycles. The van der Waals surface area contributed by atoms with Crippen LogP contribution in [0, 0.1) is 5.82 Å². The van der Waals surface area contributed by atoms with E-state index in [1.54, 1.807) is 0 Å². The predicted molar refractivity (Wildman–Crippen MR) is 55.9 cm³/mol. The van der Waals surface area contributed by atoms with E-state index in [2.05, 4.69) is 4.98 Å². The summed E-state index contributed by atoms with van der Waals surface area (Å²) in [6.07, 6.45) is -4.29. The number of aromatic nitrogens is 2. The van der Waals surface area contributed by atoms with Crippen LogP contribution in [-0.2, 0) is 4.74 Å². The van der Waals surface area contributed by atoms with Gasteiger partial charge in [-0.2, -0.15) is 9.37 Å². The summed E-state index contributed by atoms with van der Waals surface area (Å²) < 4.78 is 19.1. The molecule has 0 radical (unpaired) electrons. The van der Waals surface area contributed by atoms with Crippen molar-refractivity contribution in [2.45, 2.75) is 24.5 Å². The lowest BCUT2D eigenvalue weighted by Gasteiger charge is -2.19. The highest BCUT2D eigenvalue weighted by molar-refractivity contribution is 5.18. The molecule has 1 saturated heterocycles. The molecular weight excluding hydrogens is 249 g/mol. The first-order chi connectivity index (χ1) is 8.45. The normalized spacial score (nSPS) is 31.8. The first-order valence-electron chi connectivity index (χ1n) is 5.12. The minimum Gasteiger partial charge on any atom is -0.394 e. The summed E-state index contributed by atoms with van der Waals surface area (Å²) in [6.45, 7) is -0.523. The van der Waals surface area contributed by atoms with Crippen molar-refractivity contribution in [2.75, 3.05) is 12.3 Å². The largest absolute Gasteiger partial charge is 0.394 e. The minimum absolute atomic E-state index is 0.365. The minimum atomic E-state index is -1.42. The molecule has 2 rings (SSSR count). The van der Waals surface area contributed by atoms with Crippen molar-refractivity contribution in [2.24, 2.45) is 0 Å². The number of rotatable bonds is 2. The highest BCUT2D eigenvalue weighted by Gasteiger charge is 2.43. The van der Waals surface area contributed by atoms with Gasteiger partial charge in [0, 0.05) is 0 Å². The molecule has 1 fully saturated rings. The van der Waals surface area contributed by atoms with Crippen LogP contribution in [0.15, 0.2) is 11.0 Å². The maximum absolute atomic E-state index is 13.1. The summed E-state index contributed by atoms with van der Waals surface area (Å²) in [5, 5.41) is 28.2. The monoisotopic (exact) mass is 261 g/mol. The second-order valence-electron chi connectivity index (χ2n) is 3.89. The molecule has 18 heavy (non-hydrogen) atoms. The molecule has 1 aromatic heterocycles. The van der Waals surface area contributed by atoms with Gasteiger partial charge in [0.05, 0.1) is 12.8 Å². The van der Waals surface area contributed by atoms with Gasteiger partial charge in [-0.1, -0.05) is 0 Å². The first-order valence-corrected chi connectivity index (χ1v) is 5.12. The van der Waals surface area contributed by atoms with Gasteiger partial charge in [0.15, 0.2) is 6.23 Å². The van der Waals surface area contributed by atoms with E-state index in [1.165, 1.54) is 0 Å². The summed E-state index contributed by atoms with van der Waals surface area (Å²) in [6, 6.07) is 0. The van der Waals surface area contributed by atoms with Crippen LogP contribution >= 0.6 is 0 Å². The van der Waals surface area contributed by atoms with Crippen LogP contribution in [0.1, 0.15) is 6.23 Å². The summed E-state index contributed by atoms with van der Waals surface area (Å²) >= 11 is 0. The fourth-order valence-corrected chi connectivity index (χ4v) is 1.77. The van der Waals surface area contributed by atoms with Gasteiger partial charge in [-0.25, -0.2) is 0 Å². The molecule has 0 aromatic carbocycles. The molecule has 4 atom stereocenters. The average Bonchev–Trinajstić information content (AvgIpc) is 2.61. The van der Waals surface area contributed by atoms with Gasteiger partial charge in [0.2, 0.25) is 11.8 Å². The van der Waals surface area contributed by atoms with Crippen molar-refractivity contribution >= 4 is 5.95 Å². The average molecular weight is 261 g/mol. The predicted octanol–water partition coefficient (Wildman–Crippen LogP) is -2.42. The van der Waals surface area contributed by atoms with Crippen LogP contribution in [0.3, 0.4) is 0 Å². The molecule has 0 unspecified atom stereocenters. The second kappa shape index (κ2) is 4.61. The number of nitrogens with two attached hydrogens (primary N) is 1. The fourth-order valence-electron chi connectivity index (χ4n) is 1.77. The number of halogens is 1. The van der Waals surface area contributed by atoms with Gasteiger partial charge in [0.25, 0.3) is 0 Å². The topological polar surface area (TPSA) is 131 Å². The zero-order chi connectivity index (χ0) is 13.4. The maximum atomic E-state index is 13.1. The number of nitrogen functional groups attached to an aromatic ring is 1. The fraction of sp³-hybridized carbons (Fsp3) is 0.556. The number of hydrogen-bond acceptors (Lipinski definition) is 7. The lowest BCUT2D eigenvalue weighted by Crippen LogP contribution is -2.34. The van der Waals surface area contributed by atoms with Crippen molar-refractivity contribution in [3.8, 4) is 0 Å². The molecular formula is C9H12FN3O5. The van der Waals surface area contributed by atoms with E-state index in [4.69, 9.17) is 15.6 Å². The van der Waals surface area contributed by atoms with Gasteiger partial charge in [0.1, 0.15) is 18.3 Å². The van der Waals surface area contributed by atoms with Gasteiger partial charge in [-0.3, -0.25) is 9.36 Å². The number of nitrogens with zero attached hydrogens (tertiary/aromatic N) is 2. The number of aliphatic hydroxyl groups is 3. The summed E-state index contributed by atoms with van der Waals surface area (Å²) in [5.41, 5.74) is 4.29. The zero-order valence-corrected chi connectivity index (χ0v) is 9.10. The van der Waals surface area contributed by atoms with Crippen LogP contribution in [0.2, 0.25) is 0 Å². The zero-order valence-electron chi connectivity index (χ0n) is 9.10. The highest BCUT2D eigenvalue weighted by Crippen LogP contribution is 2.30. The van der Waals surface area contributed by atoms with E-state index in [-0.39, 0.29) is 5.95 Å². The Kier molecular flexibility index (Phi) is 3.30. The van der Waals surface area contributed by atoms with E-state index < -0.39 is 42.5 Å². The molecule has 9 heteroatoms. The molecule has 0 amide bonds. The van der Waals surface area contributed by atoms with Crippen molar-refractivity contribution < 1.29 is 24.4 Å². The Bertz CT molecular complexity index is 507. The molecule has 100 valence electrons. The van der Waals surface area contributed by atoms with Crippen molar-refractivity contribution in [1.82, 2.24) is 9.55 Å². The lowest BCUT2D eigenvalue weighted by atomic mass is 10.1. The van der Waals surface area contributed by atoms with E-state index in [0.717, 1.165) is 10.8 Å². The SMILES string of the molecule is Nc1nc(=O)c(F)cn1[C@@H]1O[C@H](CO)[C@@H](O)[C@@H]1O. The van der Waals surface area contributed by atoms with Crippen LogP contribution in [0.4, 0.5) is 10.3 Å². The Labute approximate surface area is 100 Å². The third-order valence-electron chi connectivity index (χ3n) is 2.73. The maximum Gasteiger partial charge on any atom is 0.310 e. The number of anilines is 1. The van der Waals surface area contributed by atoms with E-state index in [1.807, 2.05) is 0 Å². The van der Waals surface area contributed by atoms with Crippen molar-refractivity contribution in [3.63, 3.8) is 0 Å². The van der Waals surface area contributed by atoms with E-state index >= 15 is 0 Å². The third-order valence-corrected chi connectivity index (χ3v) is 2.73. The number of aliphatic hydroxyl groups excluding tert-OH is 3. The lowest BCUT2D eigenvalue weighted by molar-refractivity contribution is -0.0526. The number of hydrogen-bond donors (Lipinski definition) is 4. The van der Waals surface area contributed by atoms with Gasteiger partial charge in [-0.05, 0) is 0 Å². The van der Waals surface area contributed by atoms with E-state index in [9.17, 15) is 19.4 Å². The van der Waals surface area contributed by atoms with Crippen LogP contribution < -0.4 is 11.3 Å². The molecule has 5 N–H and O–H groups in total.